The monoisotopic (exact) mass is 429 g/mol. The van der Waals surface area contributed by atoms with E-state index in [0.717, 1.165) is 44.9 Å². The third-order valence-electron chi connectivity index (χ3n) is 4.96. The Labute approximate surface area is 180 Å². The lowest BCUT2D eigenvalue weighted by atomic mass is 9.93. The van der Waals surface area contributed by atoms with Crippen LogP contribution in [-0.2, 0) is 4.79 Å². The number of ether oxygens (including phenoxy) is 1. The highest BCUT2D eigenvalue weighted by molar-refractivity contribution is 7.99. The number of hydrogen-bond donors (Lipinski definition) is 0. The van der Waals surface area contributed by atoms with Gasteiger partial charge in [-0.15, -0.1) is 11.8 Å². The Balaban J connectivity index is 1.59. The van der Waals surface area contributed by atoms with Crippen molar-refractivity contribution in [1.29, 1.82) is 0 Å². The number of amides is 1. The van der Waals surface area contributed by atoms with Crippen molar-refractivity contribution in [2.24, 2.45) is 11.0 Å². The summed E-state index contributed by atoms with van der Waals surface area (Å²) in [6.45, 7) is 2.87. The molecule has 0 saturated heterocycles. The lowest BCUT2D eigenvalue weighted by molar-refractivity contribution is -0.119. The summed E-state index contributed by atoms with van der Waals surface area (Å²) in [5.74, 6) is 1.75. The average Bonchev–Trinajstić information content (AvgIpc) is 2.67. The molecule has 4 rings (SSSR count). The third kappa shape index (κ3) is 4.29. The van der Waals surface area contributed by atoms with Crippen LogP contribution in [0.1, 0.15) is 18.9 Å². The molecule has 1 amide bonds. The summed E-state index contributed by atoms with van der Waals surface area (Å²) in [6.07, 6.45) is 0.532. The SMILES string of the molecule is CC(CN(C)C)Oc1ccc(N2N=C3c4cccc(Cl)c4SCC3CC2=O)cc1. The fourth-order valence-corrected chi connectivity index (χ4v) is 5.26. The van der Waals surface area contributed by atoms with Crippen molar-refractivity contribution in [3.05, 3.63) is 53.1 Å². The van der Waals surface area contributed by atoms with E-state index in [-0.39, 0.29) is 17.9 Å². The molecule has 0 aliphatic carbocycles. The fourth-order valence-electron chi connectivity index (χ4n) is 3.74. The second-order valence-corrected chi connectivity index (χ2v) is 9.14. The maximum absolute atomic E-state index is 12.8. The first-order valence-corrected chi connectivity index (χ1v) is 11.0. The molecule has 7 heteroatoms. The van der Waals surface area contributed by atoms with Crippen molar-refractivity contribution < 1.29 is 9.53 Å². The molecule has 0 spiro atoms. The Kier molecular flexibility index (Phi) is 5.86. The van der Waals surface area contributed by atoms with Crippen molar-refractivity contribution in [1.82, 2.24) is 4.90 Å². The lowest BCUT2D eigenvalue weighted by Crippen LogP contribution is -2.39. The lowest BCUT2D eigenvalue weighted by Gasteiger charge is -2.33. The van der Waals surface area contributed by atoms with Crippen LogP contribution in [0.4, 0.5) is 5.69 Å². The highest BCUT2D eigenvalue weighted by atomic mass is 35.5. The van der Waals surface area contributed by atoms with Crippen molar-refractivity contribution in [2.75, 3.05) is 31.4 Å². The van der Waals surface area contributed by atoms with E-state index in [4.69, 9.17) is 21.4 Å². The number of anilines is 1. The maximum Gasteiger partial charge on any atom is 0.248 e. The van der Waals surface area contributed by atoms with Gasteiger partial charge in [0.25, 0.3) is 0 Å². The normalized spacial score (nSPS) is 19.5. The van der Waals surface area contributed by atoms with E-state index in [1.807, 2.05) is 63.5 Å². The van der Waals surface area contributed by atoms with E-state index < -0.39 is 0 Å². The van der Waals surface area contributed by atoms with Crippen LogP contribution in [0.5, 0.6) is 5.75 Å². The van der Waals surface area contributed by atoms with Crippen molar-refractivity contribution in [2.45, 2.75) is 24.3 Å². The largest absolute Gasteiger partial charge is 0.489 e. The van der Waals surface area contributed by atoms with E-state index in [0.29, 0.717) is 6.42 Å². The summed E-state index contributed by atoms with van der Waals surface area (Å²) in [6, 6.07) is 13.4. The highest BCUT2D eigenvalue weighted by Crippen LogP contribution is 2.41. The van der Waals surface area contributed by atoms with E-state index >= 15 is 0 Å². The van der Waals surface area contributed by atoms with E-state index in [2.05, 4.69) is 4.90 Å². The molecule has 2 atom stereocenters. The second kappa shape index (κ2) is 8.38. The number of benzene rings is 2. The van der Waals surface area contributed by atoms with Gasteiger partial charge in [-0.1, -0.05) is 23.7 Å². The molecule has 0 fully saturated rings. The zero-order chi connectivity index (χ0) is 20.5. The molecular weight excluding hydrogens is 406 g/mol. The minimum absolute atomic E-state index is 0.0134. The number of carbonyl (C=O) groups excluding carboxylic acids is 1. The molecule has 2 aliphatic heterocycles. The molecule has 0 saturated carbocycles. The first-order valence-electron chi connectivity index (χ1n) is 9.67. The molecule has 2 heterocycles. The minimum atomic E-state index is 0.0134. The van der Waals surface area contributed by atoms with E-state index in [1.54, 1.807) is 11.8 Å². The number of hydrogen-bond acceptors (Lipinski definition) is 5. The van der Waals surface area contributed by atoms with Crippen molar-refractivity contribution >= 4 is 40.7 Å². The number of thioether (sulfide) groups is 1. The zero-order valence-electron chi connectivity index (χ0n) is 16.8. The predicted octanol–water partition coefficient (Wildman–Crippen LogP) is 4.53. The number of fused-ring (bicyclic) bond motifs is 3. The first kappa shape index (κ1) is 20.3. The second-order valence-electron chi connectivity index (χ2n) is 7.70. The Morgan fingerprint density at radius 2 is 2.03 bits per heavy atom. The maximum atomic E-state index is 12.8. The van der Waals surface area contributed by atoms with E-state index in [1.165, 1.54) is 5.01 Å². The van der Waals surface area contributed by atoms with Crippen molar-refractivity contribution in [3.63, 3.8) is 0 Å². The number of likely N-dealkylation sites (N-methyl/N-ethyl adjacent to an activating group) is 1. The van der Waals surface area contributed by atoms with Gasteiger partial charge in [0, 0.05) is 35.1 Å². The predicted molar refractivity (Wildman–Crippen MR) is 119 cm³/mol. The van der Waals surface area contributed by atoms with Crippen LogP contribution in [0.25, 0.3) is 0 Å². The van der Waals surface area contributed by atoms with Gasteiger partial charge in [-0.2, -0.15) is 5.10 Å². The van der Waals surface area contributed by atoms with E-state index in [9.17, 15) is 4.79 Å². The van der Waals surface area contributed by atoms with Crippen LogP contribution in [-0.4, -0.2) is 49.0 Å². The number of rotatable bonds is 5. The molecule has 2 aromatic rings. The van der Waals surface area contributed by atoms with Crippen LogP contribution in [0.15, 0.2) is 52.5 Å². The molecule has 0 radical (unpaired) electrons. The molecule has 2 aliphatic rings. The molecule has 0 N–H and O–H groups in total. The fraction of sp³-hybridized carbons (Fsp3) is 0.364. The molecule has 2 unspecified atom stereocenters. The summed E-state index contributed by atoms with van der Waals surface area (Å²) in [5, 5.41) is 7.00. The number of carbonyl (C=O) groups is 1. The zero-order valence-corrected chi connectivity index (χ0v) is 18.3. The molecular formula is C22H24ClN3O2S. The van der Waals surface area contributed by atoms with Crippen LogP contribution in [0.2, 0.25) is 5.02 Å². The summed E-state index contributed by atoms with van der Waals surface area (Å²) in [5.41, 5.74) is 2.73. The third-order valence-corrected chi connectivity index (χ3v) is 6.69. The van der Waals surface area contributed by atoms with Crippen LogP contribution in [0, 0.1) is 5.92 Å². The summed E-state index contributed by atoms with van der Waals surface area (Å²) in [7, 11) is 4.04. The topological polar surface area (TPSA) is 45.1 Å². The van der Waals surface area contributed by atoms with Gasteiger partial charge in [0.2, 0.25) is 5.91 Å². The molecule has 29 heavy (non-hydrogen) atoms. The van der Waals surface area contributed by atoms with Crippen molar-refractivity contribution in [3.8, 4) is 5.75 Å². The minimum Gasteiger partial charge on any atom is -0.489 e. The van der Waals surface area contributed by atoms with Gasteiger partial charge in [0.05, 0.1) is 16.4 Å². The Hall–Kier alpha value is -2.02. The highest BCUT2D eigenvalue weighted by Gasteiger charge is 2.35. The van der Waals surface area contributed by atoms with Gasteiger partial charge in [-0.05, 0) is 51.4 Å². The summed E-state index contributed by atoms with van der Waals surface area (Å²) >= 11 is 8.08. The molecule has 0 bridgehead atoms. The Morgan fingerprint density at radius 3 is 2.76 bits per heavy atom. The molecule has 5 nitrogen and oxygen atoms in total. The van der Waals surface area contributed by atoms with Gasteiger partial charge in [0.15, 0.2) is 0 Å². The van der Waals surface area contributed by atoms with Crippen LogP contribution >= 0.6 is 23.4 Å². The summed E-state index contributed by atoms with van der Waals surface area (Å²) < 4.78 is 5.94. The van der Waals surface area contributed by atoms with Gasteiger partial charge in [-0.25, -0.2) is 5.01 Å². The first-order chi connectivity index (χ1) is 13.9. The quantitative estimate of drug-likeness (QED) is 0.700. The molecule has 0 aromatic heterocycles. The summed E-state index contributed by atoms with van der Waals surface area (Å²) in [4.78, 5) is 15.9. The average molecular weight is 430 g/mol. The molecule has 2 aromatic carbocycles. The van der Waals surface area contributed by atoms with Gasteiger partial charge in [0.1, 0.15) is 11.9 Å². The van der Waals surface area contributed by atoms with Gasteiger partial charge >= 0.3 is 0 Å². The number of nitrogens with zero attached hydrogens (tertiary/aromatic N) is 3. The Morgan fingerprint density at radius 1 is 1.28 bits per heavy atom. The van der Waals surface area contributed by atoms with Crippen LogP contribution < -0.4 is 9.75 Å². The standard InChI is InChI=1S/C22H24ClN3O2S/c1-14(12-25(2)3)28-17-9-7-16(8-10-17)26-20(27)11-15-13-29-22-18(21(15)24-26)5-4-6-19(22)23/h4-10,14-15H,11-13H2,1-3H3. The molecule has 152 valence electrons. The van der Waals surface area contributed by atoms with Gasteiger partial charge in [-0.3, -0.25) is 4.79 Å². The Bertz CT molecular complexity index is 946. The smallest absolute Gasteiger partial charge is 0.248 e. The van der Waals surface area contributed by atoms with Crippen LogP contribution in [0.3, 0.4) is 0 Å². The number of halogens is 1. The van der Waals surface area contributed by atoms with Gasteiger partial charge < -0.3 is 9.64 Å². The number of hydrazone groups is 1.